The van der Waals surface area contributed by atoms with Gasteiger partial charge in [0.15, 0.2) is 0 Å². The lowest BCUT2D eigenvalue weighted by atomic mass is 9.89. The molecule has 2 N–H and O–H groups in total. The van der Waals surface area contributed by atoms with E-state index in [0.29, 0.717) is 12.0 Å². The Bertz CT molecular complexity index is 341. The van der Waals surface area contributed by atoms with Gasteiger partial charge < -0.3 is 5.73 Å². The van der Waals surface area contributed by atoms with E-state index in [2.05, 4.69) is 18.0 Å². The molecule has 2 rings (SSSR count). The lowest BCUT2D eigenvalue weighted by Gasteiger charge is -2.22. The molecule has 1 aliphatic carbocycles. The third-order valence-electron chi connectivity index (χ3n) is 4.05. The van der Waals surface area contributed by atoms with E-state index in [0.717, 1.165) is 6.42 Å². The van der Waals surface area contributed by atoms with Crippen LogP contribution in [0.1, 0.15) is 49.8 Å². The van der Waals surface area contributed by atoms with Gasteiger partial charge in [-0.05, 0) is 37.3 Å². The molecule has 17 heavy (non-hydrogen) atoms. The minimum absolute atomic E-state index is 0.293. The molecule has 1 aliphatic rings. The summed E-state index contributed by atoms with van der Waals surface area (Å²) in [4.78, 5) is 4.46. The molecule has 1 atom stereocenters. The van der Waals surface area contributed by atoms with Gasteiger partial charge in [0, 0.05) is 24.4 Å². The molecule has 2 heteroatoms. The molecular formula is C15H24N2. The Morgan fingerprint density at radius 3 is 2.65 bits per heavy atom. The summed E-state index contributed by atoms with van der Waals surface area (Å²) in [5, 5.41) is 0. The van der Waals surface area contributed by atoms with E-state index < -0.39 is 0 Å². The molecule has 0 amide bonds. The van der Waals surface area contributed by atoms with Crippen molar-refractivity contribution in [2.75, 3.05) is 0 Å². The van der Waals surface area contributed by atoms with Gasteiger partial charge in [0.05, 0.1) is 0 Å². The van der Waals surface area contributed by atoms with Gasteiger partial charge in [0.1, 0.15) is 0 Å². The lowest BCUT2D eigenvalue weighted by Crippen LogP contribution is -2.32. The zero-order valence-electron chi connectivity index (χ0n) is 10.9. The number of hydrogen-bond acceptors (Lipinski definition) is 2. The maximum absolute atomic E-state index is 6.38. The van der Waals surface area contributed by atoms with E-state index in [1.165, 1.54) is 49.8 Å². The molecule has 1 fully saturated rings. The van der Waals surface area contributed by atoms with Crippen LogP contribution in [0.3, 0.4) is 0 Å². The lowest BCUT2D eigenvalue weighted by molar-refractivity contribution is 0.370. The monoisotopic (exact) mass is 232 g/mol. The number of rotatable bonds is 3. The quantitative estimate of drug-likeness (QED) is 0.813. The van der Waals surface area contributed by atoms with Crippen molar-refractivity contribution in [2.24, 2.45) is 11.7 Å². The average molecular weight is 232 g/mol. The van der Waals surface area contributed by atoms with Crippen molar-refractivity contribution in [2.45, 2.75) is 57.9 Å². The zero-order chi connectivity index (χ0) is 12.1. The van der Waals surface area contributed by atoms with Crippen molar-refractivity contribution >= 4 is 0 Å². The highest BCUT2D eigenvalue weighted by atomic mass is 14.7. The highest BCUT2D eigenvalue weighted by Gasteiger charge is 2.20. The number of nitrogens with two attached hydrogens (primary N) is 1. The van der Waals surface area contributed by atoms with Crippen molar-refractivity contribution in [3.05, 3.63) is 29.6 Å². The van der Waals surface area contributed by atoms with Crippen LogP contribution in [0.15, 0.2) is 18.3 Å². The Labute approximate surface area is 105 Å². The normalized spacial score (nSPS) is 19.9. The smallest absolute Gasteiger partial charge is 0.0448 e. The minimum atomic E-state index is 0.293. The van der Waals surface area contributed by atoms with E-state index in [-0.39, 0.29) is 0 Å². The highest BCUT2D eigenvalue weighted by Crippen LogP contribution is 2.26. The predicted molar refractivity (Wildman–Crippen MR) is 71.8 cm³/mol. The van der Waals surface area contributed by atoms with Gasteiger partial charge in [-0.25, -0.2) is 0 Å². The molecule has 0 bridgehead atoms. The highest BCUT2D eigenvalue weighted by molar-refractivity contribution is 5.18. The van der Waals surface area contributed by atoms with Crippen molar-refractivity contribution in [1.82, 2.24) is 4.98 Å². The van der Waals surface area contributed by atoms with Crippen LogP contribution in [-0.4, -0.2) is 11.0 Å². The standard InChI is InChI=1S/C15H24N2/c1-12-7-6-10-17-15(12)11-14(16)13-8-4-2-3-5-9-13/h6-7,10,13-14H,2-5,8-9,11,16H2,1H3. The first-order chi connectivity index (χ1) is 8.27. The Hall–Kier alpha value is -0.890. The van der Waals surface area contributed by atoms with E-state index in [1.807, 2.05) is 12.3 Å². The summed E-state index contributed by atoms with van der Waals surface area (Å²) in [5.74, 6) is 0.707. The maximum atomic E-state index is 6.38. The molecule has 0 radical (unpaired) electrons. The fourth-order valence-electron chi connectivity index (χ4n) is 2.86. The summed E-state index contributed by atoms with van der Waals surface area (Å²) in [6.07, 6.45) is 11.0. The molecular weight excluding hydrogens is 208 g/mol. The summed E-state index contributed by atoms with van der Waals surface area (Å²) >= 11 is 0. The molecule has 2 nitrogen and oxygen atoms in total. The third-order valence-corrected chi connectivity index (χ3v) is 4.05. The van der Waals surface area contributed by atoms with Crippen LogP contribution >= 0.6 is 0 Å². The van der Waals surface area contributed by atoms with Crippen LogP contribution in [-0.2, 0) is 6.42 Å². The van der Waals surface area contributed by atoms with Crippen LogP contribution in [0.4, 0.5) is 0 Å². The average Bonchev–Trinajstić information content (AvgIpc) is 2.61. The fraction of sp³-hybridized carbons (Fsp3) is 0.667. The number of aromatic nitrogens is 1. The first-order valence-electron chi connectivity index (χ1n) is 6.93. The number of aryl methyl sites for hydroxylation is 1. The van der Waals surface area contributed by atoms with Gasteiger partial charge >= 0.3 is 0 Å². The number of nitrogens with zero attached hydrogens (tertiary/aromatic N) is 1. The van der Waals surface area contributed by atoms with Crippen molar-refractivity contribution in [1.29, 1.82) is 0 Å². The number of hydrogen-bond donors (Lipinski definition) is 1. The Morgan fingerprint density at radius 1 is 1.29 bits per heavy atom. The van der Waals surface area contributed by atoms with Gasteiger partial charge in [-0.3, -0.25) is 4.98 Å². The van der Waals surface area contributed by atoms with Crippen molar-refractivity contribution in [3.8, 4) is 0 Å². The first kappa shape index (κ1) is 12.6. The van der Waals surface area contributed by atoms with Crippen LogP contribution in [0, 0.1) is 12.8 Å². The predicted octanol–water partition coefficient (Wildman–Crippen LogP) is 3.23. The largest absolute Gasteiger partial charge is 0.327 e. The molecule has 94 valence electrons. The molecule has 0 spiro atoms. The second kappa shape index (κ2) is 6.15. The molecule has 1 saturated carbocycles. The van der Waals surface area contributed by atoms with E-state index >= 15 is 0 Å². The first-order valence-corrected chi connectivity index (χ1v) is 6.93. The maximum Gasteiger partial charge on any atom is 0.0448 e. The van der Waals surface area contributed by atoms with Gasteiger partial charge in [-0.15, -0.1) is 0 Å². The topological polar surface area (TPSA) is 38.9 Å². The van der Waals surface area contributed by atoms with E-state index in [4.69, 9.17) is 5.73 Å². The SMILES string of the molecule is Cc1cccnc1CC(N)C1CCCCCC1. The third kappa shape index (κ3) is 3.53. The molecule has 1 unspecified atom stereocenters. The summed E-state index contributed by atoms with van der Waals surface area (Å²) < 4.78 is 0. The molecule has 0 saturated heterocycles. The van der Waals surface area contributed by atoms with Gasteiger partial charge in [0.25, 0.3) is 0 Å². The second-order valence-corrected chi connectivity index (χ2v) is 5.39. The summed E-state index contributed by atoms with van der Waals surface area (Å²) in [5.41, 5.74) is 8.84. The Balaban J connectivity index is 1.95. The number of pyridine rings is 1. The van der Waals surface area contributed by atoms with Crippen LogP contribution < -0.4 is 5.73 Å². The molecule has 1 aromatic rings. The summed E-state index contributed by atoms with van der Waals surface area (Å²) in [6.45, 7) is 2.13. The van der Waals surface area contributed by atoms with Crippen LogP contribution in [0.2, 0.25) is 0 Å². The molecule has 0 aromatic carbocycles. The van der Waals surface area contributed by atoms with Gasteiger partial charge in [-0.1, -0.05) is 31.7 Å². The zero-order valence-corrected chi connectivity index (χ0v) is 10.9. The van der Waals surface area contributed by atoms with Crippen LogP contribution in [0.25, 0.3) is 0 Å². The van der Waals surface area contributed by atoms with Gasteiger partial charge in [-0.2, -0.15) is 0 Å². The van der Waals surface area contributed by atoms with Crippen LogP contribution in [0.5, 0.6) is 0 Å². The molecule has 1 aromatic heterocycles. The van der Waals surface area contributed by atoms with Crippen molar-refractivity contribution in [3.63, 3.8) is 0 Å². The minimum Gasteiger partial charge on any atom is -0.327 e. The van der Waals surface area contributed by atoms with Gasteiger partial charge in [0.2, 0.25) is 0 Å². The van der Waals surface area contributed by atoms with E-state index in [9.17, 15) is 0 Å². The Kier molecular flexibility index (Phi) is 4.55. The summed E-state index contributed by atoms with van der Waals surface area (Å²) in [6, 6.07) is 4.42. The van der Waals surface area contributed by atoms with E-state index in [1.54, 1.807) is 0 Å². The molecule has 0 aliphatic heterocycles. The molecule has 1 heterocycles. The second-order valence-electron chi connectivity index (χ2n) is 5.39. The van der Waals surface area contributed by atoms with Crippen molar-refractivity contribution < 1.29 is 0 Å². The Morgan fingerprint density at radius 2 is 2.00 bits per heavy atom. The fourth-order valence-corrected chi connectivity index (χ4v) is 2.86. The summed E-state index contributed by atoms with van der Waals surface area (Å²) in [7, 11) is 0.